The fourth-order valence-corrected chi connectivity index (χ4v) is 4.19. The van der Waals surface area contributed by atoms with Crippen LogP contribution in [0.2, 0.25) is 0 Å². The van der Waals surface area contributed by atoms with Crippen molar-refractivity contribution in [2.45, 2.75) is 32.2 Å². The molecule has 0 bridgehead atoms. The molecule has 0 unspecified atom stereocenters. The summed E-state index contributed by atoms with van der Waals surface area (Å²) in [6, 6.07) is 6.96. The molecule has 0 aliphatic rings. The van der Waals surface area contributed by atoms with Crippen molar-refractivity contribution >= 4 is 15.7 Å². The third kappa shape index (κ3) is 2.96. The maximum atomic E-state index is 12.9. The Hall–Kier alpha value is -1.79. The smallest absolute Gasteiger partial charge is 0.244 e. The lowest BCUT2D eigenvalue weighted by molar-refractivity contribution is 0.375. The highest BCUT2D eigenvalue weighted by atomic mass is 32.2. The first kappa shape index (κ1) is 15.6. The summed E-state index contributed by atoms with van der Waals surface area (Å²) in [5, 5.41) is 0. The number of hydrogen-bond acceptors (Lipinski definition) is 4. The molecule has 0 saturated heterocycles. The van der Waals surface area contributed by atoms with Gasteiger partial charge in [-0.1, -0.05) is 13.0 Å². The fraction of sp³-hybridized carbons (Fsp3) is 0.333. The highest BCUT2D eigenvalue weighted by Gasteiger charge is 2.28. The van der Waals surface area contributed by atoms with E-state index in [-0.39, 0.29) is 11.4 Å². The summed E-state index contributed by atoms with van der Waals surface area (Å²) in [6.45, 7) is 5.88. The highest BCUT2D eigenvalue weighted by molar-refractivity contribution is 7.89. The minimum absolute atomic E-state index is 0.208. The third-order valence-corrected chi connectivity index (χ3v) is 5.72. The summed E-state index contributed by atoms with van der Waals surface area (Å²) in [5.74, 6) is 0.611. The first-order valence-electron chi connectivity index (χ1n) is 6.76. The van der Waals surface area contributed by atoms with E-state index in [4.69, 9.17) is 10.2 Å². The van der Waals surface area contributed by atoms with E-state index in [1.54, 1.807) is 45.0 Å². The molecule has 2 N–H and O–H groups in total. The van der Waals surface area contributed by atoms with Gasteiger partial charge in [0.1, 0.15) is 5.76 Å². The second-order valence-electron chi connectivity index (χ2n) is 4.94. The van der Waals surface area contributed by atoms with Crippen LogP contribution >= 0.6 is 0 Å². The van der Waals surface area contributed by atoms with Crippen molar-refractivity contribution in [2.24, 2.45) is 0 Å². The van der Waals surface area contributed by atoms with Crippen LogP contribution in [-0.2, 0) is 16.6 Å². The standard InChI is InChI=1S/C15H20N2O3S/c1-4-17(10-13-6-5-9-20-13)21(18,19)15-11(2)7-8-14(16)12(15)3/h5-9H,4,10,16H2,1-3H3. The molecular formula is C15H20N2O3S. The first-order valence-corrected chi connectivity index (χ1v) is 8.20. The molecule has 0 aliphatic carbocycles. The zero-order valence-electron chi connectivity index (χ0n) is 12.5. The summed E-state index contributed by atoms with van der Waals surface area (Å²) in [7, 11) is -3.62. The van der Waals surface area contributed by atoms with Crippen LogP contribution in [0.5, 0.6) is 0 Å². The molecule has 0 atom stereocenters. The Morgan fingerprint density at radius 1 is 1.24 bits per heavy atom. The number of nitrogens with two attached hydrogens (primary N) is 1. The molecule has 6 heteroatoms. The van der Waals surface area contributed by atoms with Gasteiger partial charge in [0.25, 0.3) is 0 Å². The zero-order chi connectivity index (χ0) is 15.6. The predicted molar refractivity (Wildman–Crippen MR) is 82.3 cm³/mol. The Bertz CT molecular complexity index is 722. The molecule has 0 fully saturated rings. The molecule has 0 spiro atoms. The number of hydrogen-bond donors (Lipinski definition) is 1. The van der Waals surface area contributed by atoms with Gasteiger partial charge in [-0.3, -0.25) is 0 Å². The molecule has 0 aliphatic heterocycles. The number of sulfonamides is 1. The Kier molecular flexibility index (Phi) is 4.39. The van der Waals surface area contributed by atoms with Crippen LogP contribution in [0, 0.1) is 13.8 Å². The average Bonchev–Trinajstić information content (AvgIpc) is 2.93. The van der Waals surface area contributed by atoms with Gasteiger partial charge in [0.05, 0.1) is 17.7 Å². The van der Waals surface area contributed by atoms with E-state index in [2.05, 4.69) is 0 Å². The van der Waals surface area contributed by atoms with Gasteiger partial charge < -0.3 is 10.2 Å². The lowest BCUT2D eigenvalue weighted by atomic mass is 10.1. The topological polar surface area (TPSA) is 76.5 Å². The Morgan fingerprint density at radius 2 is 1.95 bits per heavy atom. The van der Waals surface area contributed by atoms with Crippen LogP contribution in [0.1, 0.15) is 23.8 Å². The number of nitrogen functional groups attached to an aromatic ring is 1. The normalized spacial score (nSPS) is 12.0. The number of aryl methyl sites for hydroxylation is 1. The highest BCUT2D eigenvalue weighted by Crippen LogP contribution is 2.28. The van der Waals surface area contributed by atoms with Gasteiger partial charge in [0, 0.05) is 12.2 Å². The minimum atomic E-state index is -3.62. The summed E-state index contributed by atoms with van der Waals surface area (Å²) in [6.07, 6.45) is 1.53. The maximum absolute atomic E-state index is 12.9. The summed E-state index contributed by atoms with van der Waals surface area (Å²) >= 11 is 0. The van der Waals surface area contributed by atoms with Gasteiger partial charge in [0.2, 0.25) is 10.0 Å². The van der Waals surface area contributed by atoms with Gasteiger partial charge in [-0.2, -0.15) is 4.31 Å². The van der Waals surface area contributed by atoms with E-state index >= 15 is 0 Å². The van der Waals surface area contributed by atoms with E-state index in [9.17, 15) is 8.42 Å². The summed E-state index contributed by atoms with van der Waals surface area (Å²) in [4.78, 5) is 0.288. The lowest BCUT2D eigenvalue weighted by Crippen LogP contribution is -2.31. The van der Waals surface area contributed by atoms with E-state index in [1.807, 2.05) is 0 Å². The van der Waals surface area contributed by atoms with E-state index in [1.165, 1.54) is 10.6 Å². The van der Waals surface area contributed by atoms with Gasteiger partial charge in [-0.25, -0.2) is 8.42 Å². The predicted octanol–water partition coefficient (Wildman–Crippen LogP) is 2.69. The largest absolute Gasteiger partial charge is 0.468 e. The third-order valence-electron chi connectivity index (χ3n) is 3.51. The van der Waals surface area contributed by atoms with Gasteiger partial charge in [-0.05, 0) is 43.2 Å². The molecule has 2 aromatic rings. The molecule has 21 heavy (non-hydrogen) atoms. The molecule has 1 aromatic carbocycles. The monoisotopic (exact) mass is 308 g/mol. The van der Waals surface area contributed by atoms with Crippen LogP contribution in [0.4, 0.5) is 5.69 Å². The van der Waals surface area contributed by atoms with Crippen molar-refractivity contribution in [3.63, 3.8) is 0 Å². The number of nitrogens with zero attached hydrogens (tertiary/aromatic N) is 1. The van der Waals surface area contributed by atoms with Gasteiger partial charge in [0.15, 0.2) is 0 Å². The number of rotatable bonds is 5. The lowest BCUT2D eigenvalue weighted by Gasteiger charge is -2.22. The molecule has 0 amide bonds. The van der Waals surface area contributed by atoms with Crippen molar-refractivity contribution in [3.8, 4) is 0 Å². The van der Waals surface area contributed by atoms with Crippen molar-refractivity contribution in [1.29, 1.82) is 0 Å². The summed E-state index contributed by atoms with van der Waals surface area (Å²) in [5.41, 5.74) is 7.63. The number of furan rings is 1. The molecule has 1 heterocycles. The van der Waals surface area contributed by atoms with Crippen LogP contribution in [0.15, 0.2) is 39.8 Å². The molecule has 2 rings (SSSR count). The fourth-order valence-electron chi connectivity index (χ4n) is 2.31. The Morgan fingerprint density at radius 3 is 2.52 bits per heavy atom. The van der Waals surface area contributed by atoms with Crippen molar-refractivity contribution in [2.75, 3.05) is 12.3 Å². The minimum Gasteiger partial charge on any atom is -0.468 e. The quantitative estimate of drug-likeness (QED) is 0.862. The first-order chi connectivity index (χ1) is 9.87. The molecule has 5 nitrogen and oxygen atoms in total. The SMILES string of the molecule is CCN(Cc1ccco1)S(=O)(=O)c1c(C)ccc(N)c1C. The number of anilines is 1. The van der Waals surface area contributed by atoms with Crippen LogP contribution in [0.3, 0.4) is 0 Å². The van der Waals surface area contributed by atoms with E-state index in [0.717, 1.165) is 0 Å². The average molecular weight is 308 g/mol. The second-order valence-corrected chi connectivity index (χ2v) is 6.81. The Balaban J connectivity index is 2.47. The number of benzene rings is 1. The van der Waals surface area contributed by atoms with E-state index in [0.29, 0.717) is 29.1 Å². The van der Waals surface area contributed by atoms with Gasteiger partial charge in [-0.15, -0.1) is 0 Å². The van der Waals surface area contributed by atoms with E-state index < -0.39 is 10.0 Å². The van der Waals surface area contributed by atoms with Crippen molar-refractivity contribution in [1.82, 2.24) is 4.31 Å². The van der Waals surface area contributed by atoms with Crippen molar-refractivity contribution < 1.29 is 12.8 Å². The molecule has 114 valence electrons. The molecular weight excluding hydrogens is 288 g/mol. The molecule has 0 radical (unpaired) electrons. The molecule has 1 aromatic heterocycles. The molecule has 0 saturated carbocycles. The van der Waals surface area contributed by atoms with Crippen LogP contribution in [0.25, 0.3) is 0 Å². The summed E-state index contributed by atoms with van der Waals surface area (Å²) < 4.78 is 32.5. The second kappa shape index (κ2) is 5.91. The zero-order valence-corrected chi connectivity index (χ0v) is 13.3. The van der Waals surface area contributed by atoms with Crippen LogP contribution < -0.4 is 5.73 Å². The van der Waals surface area contributed by atoms with Crippen LogP contribution in [-0.4, -0.2) is 19.3 Å². The van der Waals surface area contributed by atoms with Gasteiger partial charge >= 0.3 is 0 Å². The van der Waals surface area contributed by atoms with Crippen molar-refractivity contribution in [3.05, 3.63) is 47.4 Å². The Labute approximate surface area is 125 Å². The maximum Gasteiger partial charge on any atom is 0.244 e.